The van der Waals surface area contributed by atoms with Gasteiger partial charge in [-0.1, -0.05) is 6.07 Å². The molecule has 1 heterocycles. The van der Waals surface area contributed by atoms with Crippen LogP contribution in [0.25, 0.3) is 0 Å². The number of benzene rings is 1. The Labute approximate surface area is 121 Å². The van der Waals surface area contributed by atoms with Crippen LogP contribution >= 0.6 is 15.9 Å². The molecule has 1 N–H and O–H groups in total. The van der Waals surface area contributed by atoms with Gasteiger partial charge in [-0.3, -0.25) is 4.68 Å². The Bertz CT molecular complexity index is 513. The first-order chi connectivity index (χ1) is 9.20. The molecule has 2 rings (SSSR count). The average molecular weight is 324 g/mol. The Morgan fingerprint density at radius 3 is 2.95 bits per heavy atom. The van der Waals surface area contributed by atoms with E-state index in [4.69, 9.17) is 4.74 Å². The first-order valence-corrected chi connectivity index (χ1v) is 7.04. The molecule has 1 aromatic carbocycles. The van der Waals surface area contributed by atoms with Crippen molar-refractivity contribution < 1.29 is 4.74 Å². The summed E-state index contributed by atoms with van der Waals surface area (Å²) in [5.74, 6) is 0.854. The van der Waals surface area contributed by atoms with Crippen molar-refractivity contribution in [3.05, 3.63) is 46.7 Å². The first-order valence-electron chi connectivity index (χ1n) is 6.25. The van der Waals surface area contributed by atoms with E-state index < -0.39 is 0 Å². The van der Waals surface area contributed by atoms with Crippen molar-refractivity contribution in [2.75, 3.05) is 13.7 Å². The zero-order valence-electron chi connectivity index (χ0n) is 11.1. The summed E-state index contributed by atoms with van der Waals surface area (Å²) >= 11 is 3.51. The lowest BCUT2D eigenvalue weighted by Crippen LogP contribution is -2.23. The molecule has 1 atom stereocenters. The van der Waals surface area contributed by atoms with E-state index in [1.165, 1.54) is 5.56 Å². The van der Waals surface area contributed by atoms with E-state index in [2.05, 4.69) is 45.4 Å². The summed E-state index contributed by atoms with van der Waals surface area (Å²) in [5, 5.41) is 7.65. The summed E-state index contributed by atoms with van der Waals surface area (Å²) in [6.07, 6.45) is 3.76. The highest BCUT2D eigenvalue weighted by atomic mass is 79.9. The highest BCUT2D eigenvalue weighted by Crippen LogP contribution is 2.27. The molecule has 0 amide bonds. The monoisotopic (exact) mass is 323 g/mol. The molecule has 1 aromatic heterocycles. The summed E-state index contributed by atoms with van der Waals surface area (Å²) in [4.78, 5) is 0. The molecule has 2 aromatic rings. The number of hydrogen-bond acceptors (Lipinski definition) is 3. The SMILES string of the molecule is COc1ccc(C(C)NCCn2cccn2)cc1Br. The van der Waals surface area contributed by atoms with Crippen LogP contribution in [0, 0.1) is 0 Å². The predicted octanol–water partition coefficient (Wildman–Crippen LogP) is 3.01. The molecule has 0 aliphatic rings. The van der Waals surface area contributed by atoms with E-state index in [0.29, 0.717) is 0 Å². The predicted molar refractivity (Wildman–Crippen MR) is 79.3 cm³/mol. The Kier molecular flexibility index (Phi) is 4.99. The highest BCUT2D eigenvalue weighted by Gasteiger charge is 2.07. The Balaban J connectivity index is 1.88. The van der Waals surface area contributed by atoms with E-state index in [9.17, 15) is 0 Å². The minimum Gasteiger partial charge on any atom is -0.496 e. The molecule has 0 fully saturated rings. The molecule has 0 saturated heterocycles. The van der Waals surface area contributed by atoms with Gasteiger partial charge in [0.25, 0.3) is 0 Å². The average Bonchev–Trinajstić information content (AvgIpc) is 2.91. The van der Waals surface area contributed by atoms with Crippen LogP contribution in [-0.4, -0.2) is 23.4 Å². The third-order valence-corrected chi connectivity index (χ3v) is 3.65. The number of halogens is 1. The van der Waals surface area contributed by atoms with E-state index in [1.54, 1.807) is 13.3 Å². The minimum atomic E-state index is 0.290. The van der Waals surface area contributed by atoms with Gasteiger partial charge in [-0.05, 0) is 46.6 Å². The Morgan fingerprint density at radius 2 is 2.32 bits per heavy atom. The summed E-state index contributed by atoms with van der Waals surface area (Å²) in [7, 11) is 1.67. The normalized spacial score (nSPS) is 12.4. The van der Waals surface area contributed by atoms with Crippen LogP contribution in [0.5, 0.6) is 5.75 Å². The van der Waals surface area contributed by atoms with Gasteiger partial charge in [0.2, 0.25) is 0 Å². The molecular weight excluding hydrogens is 306 g/mol. The molecule has 102 valence electrons. The van der Waals surface area contributed by atoms with Crippen molar-refractivity contribution in [2.24, 2.45) is 0 Å². The van der Waals surface area contributed by atoms with Crippen LogP contribution < -0.4 is 10.1 Å². The van der Waals surface area contributed by atoms with Crippen molar-refractivity contribution in [3.63, 3.8) is 0 Å². The molecule has 0 bridgehead atoms. The molecule has 0 aliphatic heterocycles. The lowest BCUT2D eigenvalue weighted by molar-refractivity contribution is 0.411. The largest absolute Gasteiger partial charge is 0.496 e. The second-order valence-electron chi connectivity index (χ2n) is 4.34. The van der Waals surface area contributed by atoms with Gasteiger partial charge in [-0.25, -0.2) is 0 Å². The van der Waals surface area contributed by atoms with Crippen molar-refractivity contribution in [1.82, 2.24) is 15.1 Å². The Morgan fingerprint density at radius 1 is 1.47 bits per heavy atom. The summed E-state index contributed by atoms with van der Waals surface area (Å²) in [6, 6.07) is 8.37. The number of rotatable bonds is 6. The fraction of sp³-hybridized carbons (Fsp3) is 0.357. The molecule has 4 nitrogen and oxygen atoms in total. The lowest BCUT2D eigenvalue weighted by Gasteiger charge is -2.15. The second-order valence-corrected chi connectivity index (χ2v) is 5.19. The van der Waals surface area contributed by atoms with Gasteiger partial charge in [0.05, 0.1) is 18.1 Å². The van der Waals surface area contributed by atoms with E-state index in [0.717, 1.165) is 23.3 Å². The molecule has 0 spiro atoms. The Hall–Kier alpha value is -1.33. The van der Waals surface area contributed by atoms with Gasteiger partial charge in [-0.15, -0.1) is 0 Å². The van der Waals surface area contributed by atoms with E-state index >= 15 is 0 Å². The zero-order valence-corrected chi connectivity index (χ0v) is 12.7. The lowest BCUT2D eigenvalue weighted by atomic mass is 10.1. The van der Waals surface area contributed by atoms with Crippen molar-refractivity contribution >= 4 is 15.9 Å². The van der Waals surface area contributed by atoms with E-state index in [1.807, 2.05) is 23.0 Å². The molecule has 0 radical (unpaired) electrons. The van der Waals surface area contributed by atoms with Crippen LogP contribution in [0.3, 0.4) is 0 Å². The summed E-state index contributed by atoms with van der Waals surface area (Å²) in [5.41, 5.74) is 1.23. The van der Waals surface area contributed by atoms with Gasteiger partial charge < -0.3 is 10.1 Å². The van der Waals surface area contributed by atoms with Crippen LogP contribution in [0.15, 0.2) is 41.1 Å². The number of hydrogen-bond donors (Lipinski definition) is 1. The maximum atomic E-state index is 5.23. The maximum absolute atomic E-state index is 5.23. The quantitative estimate of drug-likeness (QED) is 0.888. The van der Waals surface area contributed by atoms with Crippen LogP contribution in [0.4, 0.5) is 0 Å². The fourth-order valence-corrected chi connectivity index (χ4v) is 2.46. The zero-order chi connectivity index (χ0) is 13.7. The second kappa shape index (κ2) is 6.73. The summed E-state index contributed by atoms with van der Waals surface area (Å²) < 4.78 is 8.13. The molecule has 0 aliphatic carbocycles. The summed E-state index contributed by atoms with van der Waals surface area (Å²) in [6.45, 7) is 3.90. The van der Waals surface area contributed by atoms with Crippen LogP contribution in [0.1, 0.15) is 18.5 Å². The topological polar surface area (TPSA) is 39.1 Å². The van der Waals surface area contributed by atoms with Gasteiger partial charge in [-0.2, -0.15) is 5.10 Å². The standard InChI is InChI=1S/C14H18BrN3O/c1-11(16-7-9-18-8-3-6-17-18)12-4-5-14(19-2)13(15)10-12/h3-6,8,10-11,16H,7,9H2,1-2H3. The number of aromatic nitrogens is 2. The molecule has 1 unspecified atom stereocenters. The number of nitrogens with zero attached hydrogens (tertiary/aromatic N) is 2. The number of ether oxygens (including phenoxy) is 1. The molecular formula is C14H18BrN3O. The maximum Gasteiger partial charge on any atom is 0.133 e. The van der Waals surface area contributed by atoms with Crippen molar-refractivity contribution in [3.8, 4) is 5.75 Å². The van der Waals surface area contributed by atoms with E-state index in [-0.39, 0.29) is 6.04 Å². The highest BCUT2D eigenvalue weighted by molar-refractivity contribution is 9.10. The number of nitrogens with one attached hydrogen (secondary N) is 1. The third-order valence-electron chi connectivity index (χ3n) is 3.03. The smallest absolute Gasteiger partial charge is 0.133 e. The van der Waals surface area contributed by atoms with Crippen molar-refractivity contribution in [2.45, 2.75) is 19.5 Å². The fourth-order valence-electron chi connectivity index (χ4n) is 1.90. The van der Waals surface area contributed by atoms with Gasteiger partial charge in [0.1, 0.15) is 5.75 Å². The molecule has 5 heteroatoms. The molecule has 19 heavy (non-hydrogen) atoms. The number of methoxy groups -OCH3 is 1. The van der Waals surface area contributed by atoms with Crippen LogP contribution in [0.2, 0.25) is 0 Å². The first kappa shape index (κ1) is 14.1. The molecule has 0 saturated carbocycles. The third kappa shape index (κ3) is 3.81. The minimum absolute atomic E-state index is 0.290. The van der Waals surface area contributed by atoms with Gasteiger partial charge in [0, 0.05) is 25.0 Å². The van der Waals surface area contributed by atoms with Gasteiger partial charge in [0.15, 0.2) is 0 Å². The van der Waals surface area contributed by atoms with Crippen molar-refractivity contribution in [1.29, 1.82) is 0 Å². The van der Waals surface area contributed by atoms with Gasteiger partial charge >= 0.3 is 0 Å². The van der Waals surface area contributed by atoms with Crippen LogP contribution in [-0.2, 0) is 6.54 Å².